The second-order valence-corrected chi connectivity index (χ2v) is 6.19. The van der Waals surface area contributed by atoms with Gasteiger partial charge in [-0.15, -0.1) is 0 Å². The maximum Gasteiger partial charge on any atom is 0.312 e. The van der Waals surface area contributed by atoms with Gasteiger partial charge in [0, 0.05) is 0 Å². The van der Waals surface area contributed by atoms with Gasteiger partial charge in [-0.3, -0.25) is 4.79 Å². The third-order valence-corrected chi connectivity index (χ3v) is 4.64. The maximum absolute atomic E-state index is 11.4. The van der Waals surface area contributed by atoms with Crippen LogP contribution in [-0.2, 0) is 4.79 Å². The molecule has 0 spiro atoms. The van der Waals surface area contributed by atoms with E-state index in [4.69, 9.17) is 0 Å². The van der Waals surface area contributed by atoms with Crippen LogP contribution >= 0.6 is 0 Å². The molecule has 3 nitrogen and oxygen atoms in total. The van der Waals surface area contributed by atoms with Crippen LogP contribution in [0.25, 0.3) is 0 Å². The lowest BCUT2D eigenvalue weighted by Gasteiger charge is -2.48. The molecule has 0 radical (unpaired) electrons. The lowest BCUT2D eigenvalue weighted by Crippen LogP contribution is -2.53. The van der Waals surface area contributed by atoms with Gasteiger partial charge in [0.15, 0.2) is 0 Å². The van der Waals surface area contributed by atoms with Crippen LogP contribution in [0.2, 0.25) is 0 Å². The fourth-order valence-electron chi connectivity index (χ4n) is 2.57. The van der Waals surface area contributed by atoms with Gasteiger partial charge in [-0.25, -0.2) is 0 Å². The molecule has 3 heteroatoms. The second kappa shape index (κ2) is 4.02. The van der Waals surface area contributed by atoms with Gasteiger partial charge >= 0.3 is 5.97 Å². The number of carboxylic acids is 1. The van der Waals surface area contributed by atoms with E-state index in [0.29, 0.717) is 19.3 Å². The van der Waals surface area contributed by atoms with Crippen molar-refractivity contribution in [2.75, 3.05) is 0 Å². The van der Waals surface area contributed by atoms with Gasteiger partial charge in [0.1, 0.15) is 0 Å². The number of aliphatic hydroxyl groups is 1. The molecule has 1 rings (SSSR count). The van der Waals surface area contributed by atoms with Crippen LogP contribution in [0.3, 0.4) is 0 Å². The molecular formula is C13H24O3. The van der Waals surface area contributed by atoms with Crippen molar-refractivity contribution in [3.05, 3.63) is 0 Å². The Bertz CT molecular complexity index is 273. The molecule has 94 valence electrons. The summed E-state index contributed by atoms with van der Waals surface area (Å²) < 4.78 is 0. The summed E-state index contributed by atoms with van der Waals surface area (Å²) in [6, 6.07) is 0. The molecule has 2 N–H and O–H groups in total. The lowest BCUT2D eigenvalue weighted by molar-refractivity contribution is -0.176. The van der Waals surface area contributed by atoms with Crippen molar-refractivity contribution in [2.24, 2.45) is 10.8 Å². The summed E-state index contributed by atoms with van der Waals surface area (Å²) in [6.07, 6.45) is 3.45. The minimum Gasteiger partial charge on any atom is -0.481 e. The van der Waals surface area contributed by atoms with E-state index in [1.807, 2.05) is 6.92 Å². The first-order chi connectivity index (χ1) is 7.17. The quantitative estimate of drug-likeness (QED) is 0.781. The predicted molar refractivity (Wildman–Crippen MR) is 63.2 cm³/mol. The van der Waals surface area contributed by atoms with E-state index < -0.39 is 17.0 Å². The average molecular weight is 228 g/mol. The smallest absolute Gasteiger partial charge is 0.312 e. The van der Waals surface area contributed by atoms with Crippen molar-refractivity contribution in [3.63, 3.8) is 0 Å². The normalized spacial score (nSPS) is 27.1. The van der Waals surface area contributed by atoms with Gasteiger partial charge in [-0.2, -0.15) is 0 Å². The Kier molecular flexibility index (Phi) is 3.39. The summed E-state index contributed by atoms with van der Waals surface area (Å²) in [7, 11) is 0. The van der Waals surface area contributed by atoms with Gasteiger partial charge in [-0.05, 0) is 44.4 Å². The fourth-order valence-corrected chi connectivity index (χ4v) is 2.57. The van der Waals surface area contributed by atoms with Crippen LogP contribution in [0.15, 0.2) is 0 Å². The Balaban J connectivity index is 2.91. The number of rotatable bonds is 3. The highest BCUT2D eigenvalue weighted by Gasteiger charge is 2.53. The van der Waals surface area contributed by atoms with Crippen LogP contribution < -0.4 is 0 Å². The highest BCUT2D eigenvalue weighted by Crippen LogP contribution is 2.49. The molecule has 0 aliphatic heterocycles. The van der Waals surface area contributed by atoms with Crippen molar-refractivity contribution in [3.8, 4) is 0 Å². The van der Waals surface area contributed by atoms with E-state index in [0.717, 1.165) is 12.8 Å². The molecule has 1 aliphatic rings. The molecule has 0 saturated heterocycles. The van der Waals surface area contributed by atoms with Crippen molar-refractivity contribution in [1.29, 1.82) is 0 Å². The molecule has 0 heterocycles. The van der Waals surface area contributed by atoms with Crippen molar-refractivity contribution >= 4 is 5.97 Å². The van der Waals surface area contributed by atoms with Crippen molar-refractivity contribution in [2.45, 2.75) is 65.4 Å². The SMILES string of the molecule is CCC(C)(C(=O)O)C1(O)CCC(C)(C)CC1. The first kappa shape index (κ1) is 13.5. The monoisotopic (exact) mass is 228 g/mol. The molecule has 1 fully saturated rings. The Hall–Kier alpha value is -0.570. The van der Waals surface area contributed by atoms with Crippen LogP contribution in [0.1, 0.15) is 59.8 Å². The Morgan fingerprint density at radius 3 is 2.00 bits per heavy atom. The summed E-state index contributed by atoms with van der Waals surface area (Å²) >= 11 is 0. The third kappa shape index (κ3) is 2.10. The first-order valence-electron chi connectivity index (χ1n) is 6.13. The second-order valence-electron chi connectivity index (χ2n) is 6.19. The summed E-state index contributed by atoms with van der Waals surface area (Å²) in [5.74, 6) is -0.878. The number of carboxylic acid groups (broad SMARTS) is 1. The summed E-state index contributed by atoms with van der Waals surface area (Å²) in [5, 5.41) is 19.9. The summed E-state index contributed by atoms with van der Waals surface area (Å²) in [4.78, 5) is 11.4. The van der Waals surface area contributed by atoms with E-state index in [9.17, 15) is 15.0 Å². The van der Waals surface area contributed by atoms with Gasteiger partial charge in [0.05, 0.1) is 11.0 Å². The molecule has 0 aromatic heterocycles. The van der Waals surface area contributed by atoms with Gasteiger partial charge < -0.3 is 10.2 Å². The van der Waals surface area contributed by atoms with E-state index in [2.05, 4.69) is 13.8 Å². The van der Waals surface area contributed by atoms with Crippen LogP contribution in [0.5, 0.6) is 0 Å². The minimum atomic E-state index is -1.04. The standard InChI is InChI=1S/C13H24O3/c1-5-12(4,10(14)15)13(16)8-6-11(2,3)7-9-13/h16H,5-9H2,1-4H3,(H,14,15). The molecular weight excluding hydrogens is 204 g/mol. The largest absolute Gasteiger partial charge is 0.481 e. The van der Waals surface area contributed by atoms with Crippen molar-refractivity contribution < 1.29 is 15.0 Å². The fraction of sp³-hybridized carbons (Fsp3) is 0.923. The number of hydrogen-bond donors (Lipinski definition) is 2. The average Bonchev–Trinajstić information content (AvgIpc) is 2.21. The zero-order valence-corrected chi connectivity index (χ0v) is 10.8. The molecule has 1 unspecified atom stereocenters. The molecule has 16 heavy (non-hydrogen) atoms. The molecule has 1 aliphatic carbocycles. The maximum atomic E-state index is 11.4. The van der Waals surface area contributed by atoms with E-state index in [1.54, 1.807) is 6.92 Å². The number of aliphatic carboxylic acids is 1. The Morgan fingerprint density at radius 1 is 1.25 bits per heavy atom. The lowest BCUT2D eigenvalue weighted by atomic mass is 9.60. The molecule has 0 aromatic carbocycles. The van der Waals surface area contributed by atoms with Gasteiger partial charge in [0.25, 0.3) is 0 Å². The van der Waals surface area contributed by atoms with Crippen LogP contribution in [0, 0.1) is 10.8 Å². The summed E-state index contributed by atoms with van der Waals surface area (Å²) in [6.45, 7) is 7.87. The Morgan fingerprint density at radius 2 is 1.69 bits per heavy atom. The predicted octanol–water partition coefficient (Wildman–Crippen LogP) is 2.82. The van der Waals surface area contributed by atoms with E-state index in [1.165, 1.54) is 0 Å². The Labute approximate surface area is 97.9 Å². The van der Waals surface area contributed by atoms with Crippen molar-refractivity contribution in [1.82, 2.24) is 0 Å². The van der Waals surface area contributed by atoms with Crippen LogP contribution in [0.4, 0.5) is 0 Å². The van der Waals surface area contributed by atoms with Gasteiger partial charge in [0.2, 0.25) is 0 Å². The molecule has 0 amide bonds. The molecule has 0 aromatic rings. The first-order valence-corrected chi connectivity index (χ1v) is 6.13. The molecule has 1 atom stereocenters. The highest BCUT2D eigenvalue weighted by atomic mass is 16.4. The molecule has 0 bridgehead atoms. The van der Waals surface area contributed by atoms with E-state index in [-0.39, 0.29) is 5.41 Å². The topological polar surface area (TPSA) is 57.5 Å². The highest BCUT2D eigenvalue weighted by molar-refractivity contribution is 5.75. The summed E-state index contributed by atoms with van der Waals surface area (Å²) in [5.41, 5.74) is -1.81. The molecule has 1 saturated carbocycles. The van der Waals surface area contributed by atoms with Gasteiger partial charge in [-0.1, -0.05) is 20.8 Å². The third-order valence-electron chi connectivity index (χ3n) is 4.64. The van der Waals surface area contributed by atoms with E-state index >= 15 is 0 Å². The van der Waals surface area contributed by atoms with Crippen LogP contribution in [-0.4, -0.2) is 21.8 Å². The zero-order chi connectivity index (χ0) is 12.6. The zero-order valence-electron chi connectivity index (χ0n) is 10.8. The minimum absolute atomic E-state index is 0.236. The number of carbonyl (C=O) groups is 1. The number of hydrogen-bond acceptors (Lipinski definition) is 2.